The third-order valence-corrected chi connectivity index (χ3v) is 6.14. The van der Waals surface area contributed by atoms with Crippen molar-refractivity contribution in [2.24, 2.45) is 0 Å². The number of aromatic hydroxyl groups is 1. The Morgan fingerprint density at radius 2 is 1.96 bits per heavy atom. The molecule has 0 atom stereocenters. The van der Waals surface area contributed by atoms with Crippen LogP contribution < -0.4 is 14.5 Å². The Bertz CT molecular complexity index is 837. The highest BCUT2D eigenvalue weighted by Crippen LogP contribution is 2.39. The molecule has 6 heteroatoms. The molecular weight excluding hydrogens is 348 g/mol. The average molecular weight is 372 g/mol. The van der Waals surface area contributed by atoms with E-state index in [-0.39, 0.29) is 11.5 Å². The molecule has 0 saturated carbocycles. The second kappa shape index (κ2) is 7.23. The number of piperazine rings is 1. The monoisotopic (exact) mass is 372 g/mol. The summed E-state index contributed by atoms with van der Waals surface area (Å²) in [6.45, 7) is 8.49. The maximum absolute atomic E-state index is 12.7. The first-order chi connectivity index (χ1) is 12.7. The first-order valence-corrected chi connectivity index (χ1v) is 10.0. The lowest BCUT2D eigenvalue weighted by atomic mass is 10.0. The van der Waals surface area contributed by atoms with Crippen LogP contribution >= 0.6 is 11.3 Å². The fourth-order valence-electron chi connectivity index (χ4n) is 3.71. The summed E-state index contributed by atoms with van der Waals surface area (Å²) < 4.78 is 5.93. The predicted molar refractivity (Wildman–Crippen MR) is 101 cm³/mol. The molecule has 1 aromatic carbocycles. The first-order valence-electron chi connectivity index (χ1n) is 9.15. The van der Waals surface area contributed by atoms with E-state index in [0.29, 0.717) is 23.6 Å². The van der Waals surface area contributed by atoms with Crippen molar-refractivity contribution in [1.29, 1.82) is 0 Å². The maximum atomic E-state index is 12.7. The quantitative estimate of drug-likeness (QED) is 0.680. The van der Waals surface area contributed by atoms with Crippen LogP contribution in [0.1, 0.15) is 27.7 Å². The van der Waals surface area contributed by atoms with Gasteiger partial charge in [0.2, 0.25) is 5.78 Å². The number of nitrogens with one attached hydrogen (secondary N) is 2. The Balaban J connectivity index is 1.58. The number of phenols is 1. The van der Waals surface area contributed by atoms with E-state index >= 15 is 0 Å². The fourth-order valence-corrected chi connectivity index (χ4v) is 4.35. The summed E-state index contributed by atoms with van der Waals surface area (Å²) in [5.41, 5.74) is 1.30. The molecule has 2 aliphatic rings. The molecule has 0 spiro atoms. The van der Waals surface area contributed by atoms with Crippen molar-refractivity contribution in [3.8, 4) is 11.5 Å². The molecule has 1 aromatic heterocycles. The zero-order valence-electron chi connectivity index (χ0n) is 14.9. The van der Waals surface area contributed by atoms with E-state index in [1.54, 1.807) is 34.4 Å². The van der Waals surface area contributed by atoms with Gasteiger partial charge in [0.25, 0.3) is 0 Å². The molecule has 0 bridgehead atoms. The number of hydrogen-bond acceptors (Lipinski definition) is 4. The van der Waals surface area contributed by atoms with Crippen LogP contribution in [-0.2, 0) is 6.54 Å². The molecule has 3 heterocycles. The molecule has 0 unspecified atom stereocenters. The topological polar surface area (TPSA) is 55.4 Å². The standard InChI is InChI=1S/C20H22N2O3S/c1-2-21-7-9-22(10-8-21)13-16-17(23)6-5-15-19(24)18(25-20(15)16)12-14-4-3-11-26-14/h3-6,11-12,23H,2,7-10,13H2,1H3/p+2/b18-12+. The summed E-state index contributed by atoms with van der Waals surface area (Å²) in [6.07, 6.45) is 1.78. The van der Waals surface area contributed by atoms with Crippen molar-refractivity contribution in [1.82, 2.24) is 0 Å². The minimum absolute atomic E-state index is 0.107. The van der Waals surface area contributed by atoms with E-state index in [4.69, 9.17) is 4.74 Å². The molecule has 136 valence electrons. The van der Waals surface area contributed by atoms with Gasteiger partial charge in [0.15, 0.2) is 11.5 Å². The number of Topliss-reactive ketones (excluding diaryl/α,β-unsaturated/α-hetero) is 1. The molecule has 5 nitrogen and oxygen atoms in total. The SMILES string of the molecule is CC[NH+]1CC[NH+](Cc2c(O)ccc3c2O/C(=C/c2cccs2)C3=O)CC1. The highest BCUT2D eigenvalue weighted by molar-refractivity contribution is 7.10. The van der Waals surface area contributed by atoms with Gasteiger partial charge in [-0.05, 0) is 30.5 Å². The number of likely N-dealkylation sites (N-methyl/N-ethyl adjacent to an activating group) is 1. The van der Waals surface area contributed by atoms with Gasteiger partial charge in [0, 0.05) is 11.0 Å². The van der Waals surface area contributed by atoms with Crippen LogP contribution in [0.15, 0.2) is 35.4 Å². The molecule has 0 radical (unpaired) electrons. The average Bonchev–Trinajstić information content (AvgIpc) is 3.27. The number of ether oxygens (including phenoxy) is 1. The lowest BCUT2D eigenvalue weighted by molar-refractivity contribution is -1.02. The number of benzene rings is 1. The van der Waals surface area contributed by atoms with Gasteiger partial charge in [-0.15, -0.1) is 11.3 Å². The molecule has 2 aliphatic heterocycles. The van der Waals surface area contributed by atoms with E-state index < -0.39 is 0 Å². The Labute approximate surface area is 157 Å². The summed E-state index contributed by atoms with van der Waals surface area (Å²) in [6, 6.07) is 7.19. The Morgan fingerprint density at radius 1 is 1.19 bits per heavy atom. The summed E-state index contributed by atoms with van der Waals surface area (Å²) in [4.78, 5) is 16.7. The van der Waals surface area contributed by atoms with Crippen molar-refractivity contribution in [3.05, 3.63) is 51.4 Å². The second-order valence-corrected chi connectivity index (χ2v) is 7.90. The molecule has 1 fully saturated rings. The zero-order valence-corrected chi connectivity index (χ0v) is 15.7. The largest absolute Gasteiger partial charge is 0.507 e. The number of carbonyl (C=O) groups excluding carboxylic acids is 1. The molecule has 4 rings (SSSR count). The number of carbonyl (C=O) groups is 1. The van der Waals surface area contributed by atoms with Crippen LogP contribution in [0.25, 0.3) is 6.08 Å². The van der Waals surface area contributed by atoms with Crippen LogP contribution in [-0.4, -0.2) is 43.6 Å². The van der Waals surface area contributed by atoms with Crippen LogP contribution in [0.2, 0.25) is 0 Å². The van der Waals surface area contributed by atoms with E-state index in [0.717, 1.165) is 43.2 Å². The Morgan fingerprint density at radius 3 is 2.65 bits per heavy atom. The smallest absolute Gasteiger partial charge is 0.232 e. The predicted octanol–water partition coefficient (Wildman–Crippen LogP) is 0.373. The van der Waals surface area contributed by atoms with Crippen LogP contribution in [0, 0.1) is 0 Å². The van der Waals surface area contributed by atoms with Gasteiger partial charge < -0.3 is 19.6 Å². The third-order valence-electron chi connectivity index (χ3n) is 5.32. The number of allylic oxidation sites excluding steroid dienone is 1. The highest BCUT2D eigenvalue weighted by atomic mass is 32.1. The normalized spacial score (nSPS) is 23.9. The van der Waals surface area contributed by atoms with Crippen molar-refractivity contribution in [3.63, 3.8) is 0 Å². The number of hydrogen-bond donors (Lipinski definition) is 3. The maximum Gasteiger partial charge on any atom is 0.232 e. The second-order valence-electron chi connectivity index (χ2n) is 6.93. The summed E-state index contributed by atoms with van der Waals surface area (Å²) in [5.74, 6) is 0.983. The van der Waals surface area contributed by atoms with E-state index in [1.165, 1.54) is 4.90 Å². The van der Waals surface area contributed by atoms with E-state index in [2.05, 4.69) is 6.92 Å². The van der Waals surface area contributed by atoms with Crippen LogP contribution in [0.4, 0.5) is 0 Å². The molecular formula is C20H24N2O3S+2. The molecule has 0 aliphatic carbocycles. The Kier molecular flexibility index (Phi) is 4.80. The van der Waals surface area contributed by atoms with Crippen molar-refractivity contribution < 1.29 is 24.4 Å². The van der Waals surface area contributed by atoms with Crippen LogP contribution in [0.3, 0.4) is 0 Å². The lowest BCUT2D eigenvalue weighted by Crippen LogP contribution is -3.27. The number of phenolic OH excluding ortho intramolecular Hbond substituents is 1. The Hall–Kier alpha value is -2.15. The van der Waals surface area contributed by atoms with Gasteiger partial charge in [-0.25, -0.2) is 0 Å². The van der Waals surface area contributed by atoms with Crippen molar-refractivity contribution >= 4 is 23.2 Å². The van der Waals surface area contributed by atoms with Gasteiger partial charge >= 0.3 is 0 Å². The minimum Gasteiger partial charge on any atom is -0.507 e. The zero-order chi connectivity index (χ0) is 18.1. The number of fused-ring (bicyclic) bond motifs is 1. The van der Waals surface area contributed by atoms with Gasteiger partial charge in [0.1, 0.15) is 38.5 Å². The van der Waals surface area contributed by atoms with Gasteiger partial charge in [-0.3, -0.25) is 4.79 Å². The van der Waals surface area contributed by atoms with E-state index in [1.807, 2.05) is 17.5 Å². The molecule has 0 amide bonds. The number of ketones is 1. The molecule has 1 saturated heterocycles. The van der Waals surface area contributed by atoms with E-state index in [9.17, 15) is 9.90 Å². The minimum atomic E-state index is -0.107. The number of thiophene rings is 1. The van der Waals surface area contributed by atoms with Crippen molar-refractivity contribution in [2.75, 3.05) is 32.7 Å². The van der Waals surface area contributed by atoms with Gasteiger partial charge in [0.05, 0.1) is 17.7 Å². The summed E-state index contributed by atoms with van der Waals surface area (Å²) in [7, 11) is 0. The number of quaternary nitrogens is 2. The number of rotatable bonds is 4. The first kappa shape index (κ1) is 17.3. The van der Waals surface area contributed by atoms with Crippen LogP contribution in [0.5, 0.6) is 11.5 Å². The highest BCUT2D eigenvalue weighted by Gasteiger charge is 2.33. The summed E-state index contributed by atoms with van der Waals surface area (Å²) >= 11 is 1.56. The van der Waals surface area contributed by atoms with Gasteiger partial charge in [-0.1, -0.05) is 6.07 Å². The lowest BCUT2D eigenvalue weighted by Gasteiger charge is -2.29. The molecule has 26 heavy (non-hydrogen) atoms. The molecule has 2 aromatic rings. The van der Waals surface area contributed by atoms with Crippen molar-refractivity contribution in [2.45, 2.75) is 13.5 Å². The van der Waals surface area contributed by atoms with Gasteiger partial charge in [-0.2, -0.15) is 0 Å². The third kappa shape index (κ3) is 3.28. The molecule has 3 N–H and O–H groups in total. The fraction of sp³-hybridized carbons (Fsp3) is 0.350. The summed E-state index contributed by atoms with van der Waals surface area (Å²) in [5, 5.41) is 12.4.